The lowest BCUT2D eigenvalue weighted by Gasteiger charge is -2.15. The van der Waals surface area contributed by atoms with Gasteiger partial charge in [0, 0.05) is 11.8 Å². The Kier molecular flexibility index (Phi) is 8.65. The molecular formula is C24H25N3O5S. The fraction of sp³-hybridized carbons (Fsp3) is 0.250. The summed E-state index contributed by atoms with van der Waals surface area (Å²) in [6.07, 6.45) is 0.503. The molecule has 0 saturated heterocycles. The van der Waals surface area contributed by atoms with E-state index in [0.717, 1.165) is 11.8 Å². The first-order valence-electron chi connectivity index (χ1n) is 10.5. The number of nitrogens with one attached hydrogen (secondary N) is 2. The molecule has 1 heterocycles. The van der Waals surface area contributed by atoms with Gasteiger partial charge in [-0.15, -0.1) is 0 Å². The number of hydrogen-bond donors (Lipinski definition) is 2. The molecule has 0 saturated carbocycles. The van der Waals surface area contributed by atoms with Crippen molar-refractivity contribution in [3.8, 4) is 5.75 Å². The number of H-pyrrole nitrogens is 1. The van der Waals surface area contributed by atoms with Crippen LogP contribution in [0.4, 0.5) is 5.69 Å². The Morgan fingerprint density at radius 2 is 1.88 bits per heavy atom. The predicted molar refractivity (Wildman–Crippen MR) is 127 cm³/mol. The average molecular weight is 468 g/mol. The van der Waals surface area contributed by atoms with Crippen molar-refractivity contribution in [2.45, 2.75) is 37.3 Å². The Labute approximate surface area is 195 Å². The van der Waals surface area contributed by atoms with Gasteiger partial charge in [0.1, 0.15) is 12.4 Å². The first-order chi connectivity index (χ1) is 16.0. The molecule has 1 amide bonds. The third-order valence-corrected chi connectivity index (χ3v) is 5.71. The zero-order valence-electron chi connectivity index (χ0n) is 18.4. The first kappa shape index (κ1) is 24.1. The minimum Gasteiger partial charge on any atom is -0.487 e. The highest BCUT2D eigenvalue weighted by Gasteiger charge is 2.20. The van der Waals surface area contributed by atoms with Gasteiger partial charge in [0.25, 0.3) is 5.56 Å². The quantitative estimate of drug-likeness (QED) is 0.263. The Morgan fingerprint density at radius 3 is 2.61 bits per heavy atom. The van der Waals surface area contributed by atoms with Gasteiger partial charge in [-0.25, -0.2) is 9.78 Å². The maximum atomic E-state index is 12.8. The summed E-state index contributed by atoms with van der Waals surface area (Å²) in [7, 11) is 0. The average Bonchev–Trinajstić information content (AvgIpc) is 2.82. The molecule has 172 valence electrons. The van der Waals surface area contributed by atoms with Crippen LogP contribution in [0.5, 0.6) is 5.75 Å². The molecule has 3 aromatic rings. The molecule has 1 atom stereocenters. The number of rotatable bonds is 10. The minimum absolute atomic E-state index is 0.130. The van der Waals surface area contributed by atoms with Crippen molar-refractivity contribution in [3.63, 3.8) is 0 Å². The molecule has 0 bridgehead atoms. The summed E-state index contributed by atoms with van der Waals surface area (Å²) < 4.78 is 10.7. The molecule has 2 N–H and O–H groups in total. The van der Waals surface area contributed by atoms with E-state index in [-0.39, 0.29) is 24.7 Å². The number of anilines is 1. The normalized spacial score (nSPS) is 11.5. The predicted octanol–water partition coefficient (Wildman–Crippen LogP) is 4.04. The van der Waals surface area contributed by atoms with Crippen molar-refractivity contribution in [1.82, 2.24) is 9.97 Å². The Hall–Kier alpha value is -3.59. The number of aromatic amines is 1. The molecule has 2 aromatic carbocycles. The maximum absolute atomic E-state index is 12.8. The summed E-state index contributed by atoms with van der Waals surface area (Å²) in [5.74, 6) is -0.0481. The first-order valence-corrected chi connectivity index (χ1v) is 11.4. The number of hydrogen-bond acceptors (Lipinski definition) is 7. The molecule has 0 aliphatic heterocycles. The second kappa shape index (κ2) is 11.9. The number of benzene rings is 2. The molecule has 9 heteroatoms. The fourth-order valence-electron chi connectivity index (χ4n) is 2.91. The second-order valence-electron chi connectivity index (χ2n) is 6.95. The van der Waals surface area contributed by atoms with Crippen molar-refractivity contribution in [3.05, 3.63) is 82.3 Å². The molecule has 0 spiro atoms. The Balaban J connectivity index is 1.67. The summed E-state index contributed by atoms with van der Waals surface area (Å²) in [5, 5.41) is 2.63. The molecule has 8 nitrogen and oxygen atoms in total. The summed E-state index contributed by atoms with van der Waals surface area (Å²) >= 11 is 1.16. The van der Waals surface area contributed by atoms with Gasteiger partial charge in [-0.05, 0) is 43.7 Å². The van der Waals surface area contributed by atoms with Gasteiger partial charge >= 0.3 is 5.97 Å². The van der Waals surface area contributed by atoms with Crippen molar-refractivity contribution in [2.24, 2.45) is 0 Å². The molecule has 3 rings (SSSR count). The van der Waals surface area contributed by atoms with Crippen LogP contribution < -0.4 is 15.6 Å². The van der Waals surface area contributed by atoms with E-state index in [9.17, 15) is 14.4 Å². The van der Waals surface area contributed by atoms with Crippen LogP contribution in [0.2, 0.25) is 0 Å². The zero-order chi connectivity index (χ0) is 23.6. The van der Waals surface area contributed by atoms with E-state index in [4.69, 9.17) is 9.47 Å². The molecule has 33 heavy (non-hydrogen) atoms. The lowest BCUT2D eigenvalue weighted by Crippen LogP contribution is -2.25. The van der Waals surface area contributed by atoms with Crippen molar-refractivity contribution in [1.29, 1.82) is 0 Å². The zero-order valence-corrected chi connectivity index (χ0v) is 19.2. The van der Waals surface area contributed by atoms with Crippen molar-refractivity contribution < 1.29 is 19.1 Å². The highest BCUT2D eigenvalue weighted by Crippen LogP contribution is 2.24. The van der Waals surface area contributed by atoms with Crippen LogP contribution in [0.1, 0.15) is 36.3 Å². The van der Waals surface area contributed by atoms with Crippen LogP contribution in [-0.2, 0) is 16.1 Å². The fourth-order valence-corrected chi connectivity index (χ4v) is 3.84. The van der Waals surface area contributed by atoms with E-state index >= 15 is 0 Å². The topological polar surface area (TPSA) is 110 Å². The molecular weight excluding hydrogens is 442 g/mol. The third-order valence-electron chi connectivity index (χ3n) is 4.46. The van der Waals surface area contributed by atoms with E-state index in [1.807, 2.05) is 37.3 Å². The van der Waals surface area contributed by atoms with Gasteiger partial charge in [0.2, 0.25) is 5.91 Å². The monoisotopic (exact) mass is 467 g/mol. The number of thioether (sulfide) groups is 1. The highest BCUT2D eigenvalue weighted by molar-refractivity contribution is 8.00. The smallest absolute Gasteiger partial charge is 0.338 e. The summed E-state index contributed by atoms with van der Waals surface area (Å²) in [4.78, 5) is 44.0. The van der Waals surface area contributed by atoms with E-state index < -0.39 is 11.2 Å². The van der Waals surface area contributed by atoms with Gasteiger partial charge < -0.3 is 19.8 Å². The van der Waals surface area contributed by atoms with Crippen LogP contribution in [-0.4, -0.2) is 33.7 Å². The highest BCUT2D eigenvalue weighted by atomic mass is 32.2. The maximum Gasteiger partial charge on any atom is 0.338 e. The number of carbonyl (C=O) groups is 2. The molecule has 0 aliphatic carbocycles. The lowest BCUT2D eigenvalue weighted by atomic mass is 10.2. The van der Waals surface area contributed by atoms with Crippen LogP contribution in [0, 0.1) is 0 Å². The number of ether oxygens (including phenoxy) is 2. The Morgan fingerprint density at radius 1 is 1.09 bits per heavy atom. The van der Waals surface area contributed by atoms with Gasteiger partial charge in [0.05, 0.1) is 23.1 Å². The van der Waals surface area contributed by atoms with Gasteiger partial charge in [0.15, 0.2) is 5.16 Å². The lowest BCUT2D eigenvalue weighted by molar-refractivity contribution is -0.115. The largest absolute Gasteiger partial charge is 0.487 e. The van der Waals surface area contributed by atoms with Gasteiger partial charge in [-0.3, -0.25) is 9.59 Å². The molecule has 0 aliphatic rings. The van der Waals surface area contributed by atoms with Crippen molar-refractivity contribution in [2.75, 3.05) is 11.9 Å². The summed E-state index contributed by atoms with van der Waals surface area (Å²) in [6.45, 7) is 4.00. The number of para-hydroxylation sites is 1. The molecule has 0 radical (unpaired) electrons. The molecule has 0 fully saturated rings. The van der Waals surface area contributed by atoms with E-state index in [2.05, 4.69) is 15.3 Å². The van der Waals surface area contributed by atoms with Crippen LogP contribution in [0.3, 0.4) is 0 Å². The second-order valence-corrected chi connectivity index (χ2v) is 8.14. The number of aromatic nitrogens is 2. The van der Waals surface area contributed by atoms with E-state index in [1.165, 1.54) is 6.07 Å². The Bertz CT molecular complexity index is 1150. The van der Waals surface area contributed by atoms with Crippen LogP contribution in [0.25, 0.3) is 0 Å². The number of carbonyl (C=O) groups excluding carboxylic acids is 2. The molecule has 1 aromatic heterocycles. The summed E-state index contributed by atoms with van der Waals surface area (Å²) in [5.41, 5.74) is 0.975. The molecule has 1 unspecified atom stereocenters. The standard InChI is InChI=1S/C24H25N3O5S/c1-3-20(22(29)25-17-10-8-9-16(13-17)23(30)31-4-2)33-24-26-18(14-21(28)27-24)15-32-19-11-6-5-7-12-19/h5-14,20H,3-4,15H2,1-2H3,(H,25,29)(H,26,27,28). The SMILES string of the molecule is CCOC(=O)c1cccc(NC(=O)C(CC)Sc2nc(COc3ccccc3)cc(=O)[nH]2)c1. The number of amides is 1. The minimum atomic E-state index is -0.510. The van der Waals surface area contributed by atoms with Crippen molar-refractivity contribution >= 4 is 29.3 Å². The number of nitrogens with zero attached hydrogens (tertiary/aromatic N) is 1. The van der Waals surface area contributed by atoms with E-state index in [1.54, 1.807) is 31.2 Å². The van der Waals surface area contributed by atoms with Crippen LogP contribution >= 0.6 is 11.8 Å². The van der Waals surface area contributed by atoms with E-state index in [0.29, 0.717) is 34.3 Å². The summed E-state index contributed by atoms with van der Waals surface area (Å²) in [6, 6.07) is 17.2. The van der Waals surface area contributed by atoms with Gasteiger partial charge in [-0.1, -0.05) is 43.0 Å². The van der Waals surface area contributed by atoms with Crippen LogP contribution in [0.15, 0.2) is 70.6 Å². The van der Waals surface area contributed by atoms with Gasteiger partial charge in [-0.2, -0.15) is 0 Å². The number of esters is 1. The third kappa shape index (κ3) is 7.21.